The molecular weight excluding hydrogens is 240 g/mol. The summed E-state index contributed by atoms with van der Waals surface area (Å²) in [7, 11) is 0. The average Bonchev–Trinajstić information content (AvgIpc) is 2.66. The molecule has 0 fully saturated rings. The van der Waals surface area contributed by atoms with Crippen LogP contribution in [0.2, 0.25) is 0 Å². The van der Waals surface area contributed by atoms with Gasteiger partial charge in [-0.3, -0.25) is 0 Å². The predicted molar refractivity (Wildman–Crippen MR) is 65.7 cm³/mol. The molecular formula is C10H10N4O2S. The maximum absolute atomic E-state index is 11.0. The summed E-state index contributed by atoms with van der Waals surface area (Å²) in [5.41, 5.74) is 5.83. The molecule has 6 nitrogen and oxygen atoms in total. The van der Waals surface area contributed by atoms with Crippen molar-refractivity contribution in [2.75, 3.05) is 11.1 Å². The monoisotopic (exact) mass is 250 g/mol. The highest BCUT2D eigenvalue weighted by Gasteiger charge is 2.13. The first-order valence-electron chi connectivity index (χ1n) is 4.74. The number of hydrogen-bond acceptors (Lipinski definition) is 6. The number of aromatic carboxylic acids is 1. The number of nitrogens with zero attached hydrogens (tertiary/aromatic N) is 2. The molecule has 0 aliphatic heterocycles. The van der Waals surface area contributed by atoms with E-state index in [0.29, 0.717) is 10.8 Å². The zero-order chi connectivity index (χ0) is 12.4. The lowest BCUT2D eigenvalue weighted by Gasteiger charge is -2.06. The highest BCUT2D eigenvalue weighted by molar-refractivity contribution is 7.15. The number of aromatic nitrogens is 2. The third kappa shape index (κ3) is 2.51. The molecule has 88 valence electrons. The lowest BCUT2D eigenvalue weighted by molar-refractivity contribution is 0.0697. The number of aryl methyl sites for hydroxylation is 1. The van der Waals surface area contributed by atoms with Gasteiger partial charge in [-0.1, -0.05) is 0 Å². The first-order valence-corrected chi connectivity index (χ1v) is 5.56. The van der Waals surface area contributed by atoms with Gasteiger partial charge in [0.25, 0.3) is 0 Å². The number of hydrogen-bond donors (Lipinski definition) is 3. The largest absolute Gasteiger partial charge is 0.478 e. The van der Waals surface area contributed by atoms with E-state index < -0.39 is 5.97 Å². The summed E-state index contributed by atoms with van der Waals surface area (Å²) >= 11 is 1.42. The molecule has 0 saturated heterocycles. The molecule has 2 aromatic rings. The summed E-state index contributed by atoms with van der Waals surface area (Å²) in [4.78, 5) is 20.1. The Balaban J connectivity index is 2.35. The molecule has 0 saturated carbocycles. The van der Waals surface area contributed by atoms with Crippen LogP contribution in [0.25, 0.3) is 0 Å². The number of thiazole rings is 1. The van der Waals surface area contributed by atoms with Gasteiger partial charge in [-0.2, -0.15) is 0 Å². The number of pyridine rings is 1. The van der Waals surface area contributed by atoms with Gasteiger partial charge in [-0.25, -0.2) is 14.8 Å². The van der Waals surface area contributed by atoms with Gasteiger partial charge >= 0.3 is 5.97 Å². The van der Waals surface area contributed by atoms with Gasteiger partial charge in [0.05, 0.1) is 11.9 Å². The molecule has 7 heteroatoms. The first kappa shape index (κ1) is 11.3. The lowest BCUT2D eigenvalue weighted by atomic mass is 10.2. The maximum atomic E-state index is 11.0. The summed E-state index contributed by atoms with van der Waals surface area (Å²) in [5, 5.41) is 12.5. The van der Waals surface area contributed by atoms with E-state index in [1.54, 1.807) is 6.20 Å². The molecule has 0 aromatic carbocycles. The highest BCUT2D eigenvalue weighted by atomic mass is 32.1. The molecule has 0 spiro atoms. The van der Waals surface area contributed by atoms with E-state index in [1.165, 1.54) is 23.6 Å². The summed E-state index contributed by atoms with van der Waals surface area (Å²) in [6.45, 7) is 1.91. The van der Waals surface area contributed by atoms with Crippen LogP contribution < -0.4 is 11.1 Å². The van der Waals surface area contributed by atoms with Crippen LogP contribution in [0.3, 0.4) is 0 Å². The Morgan fingerprint density at radius 2 is 2.24 bits per heavy atom. The molecule has 0 unspecified atom stereocenters. The number of anilines is 3. The third-order valence-corrected chi connectivity index (χ3v) is 2.81. The Hall–Kier alpha value is -2.15. The first-order chi connectivity index (χ1) is 8.06. The number of nitrogens with one attached hydrogen (secondary N) is 1. The van der Waals surface area contributed by atoms with Gasteiger partial charge < -0.3 is 16.2 Å². The van der Waals surface area contributed by atoms with Gasteiger partial charge in [0.1, 0.15) is 11.4 Å². The van der Waals surface area contributed by atoms with Crippen molar-refractivity contribution < 1.29 is 9.90 Å². The van der Waals surface area contributed by atoms with Crippen LogP contribution in [0, 0.1) is 6.92 Å². The molecule has 2 heterocycles. The van der Waals surface area contributed by atoms with Crippen LogP contribution in [0.15, 0.2) is 18.5 Å². The minimum absolute atomic E-state index is 0.0258. The average molecular weight is 250 g/mol. The smallest absolute Gasteiger partial charge is 0.339 e. The molecule has 0 bridgehead atoms. The summed E-state index contributed by atoms with van der Waals surface area (Å²) in [5.74, 6) is -0.846. The Morgan fingerprint density at radius 3 is 2.82 bits per heavy atom. The van der Waals surface area contributed by atoms with Crippen molar-refractivity contribution in [1.29, 1.82) is 0 Å². The number of carboxylic acid groups (broad SMARTS) is 1. The number of nitrogen functional groups attached to an aromatic ring is 1. The standard InChI is InChI=1S/C10H10N4O2S/c1-5-3-13-10(17-5)14-8-7(9(15)16)2-6(11)4-12-8/h2-4H,11H2,1H3,(H,15,16)(H,12,13,14). The van der Waals surface area contributed by atoms with Crippen molar-refractivity contribution in [3.8, 4) is 0 Å². The van der Waals surface area contributed by atoms with Crippen molar-refractivity contribution in [2.24, 2.45) is 0 Å². The second-order valence-corrected chi connectivity index (χ2v) is 4.61. The minimum atomic E-state index is -1.08. The Bertz CT molecular complexity index is 567. The van der Waals surface area contributed by atoms with E-state index in [-0.39, 0.29) is 11.4 Å². The SMILES string of the molecule is Cc1cnc(Nc2ncc(N)cc2C(=O)O)s1. The molecule has 2 aromatic heterocycles. The van der Waals surface area contributed by atoms with Crippen molar-refractivity contribution in [2.45, 2.75) is 6.92 Å². The molecule has 17 heavy (non-hydrogen) atoms. The van der Waals surface area contributed by atoms with Gasteiger partial charge in [0.2, 0.25) is 0 Å². The van der Waals surface area contributed by atoms with E-state index in [1.807, 2.05) is 6.92 Å². The fraction of sp³-hybridized carbons (Fsp3) is 0.100. The van der Waals surface area contributed by atoms with E-state index in [9.17, 15) is 4.79 Å². The van der Waals surface area contributed by atoms with Crippen molar-refractivity contribution in [1.82, 2.24) is 9.97 Å². The van der Waals surface area contributed by atoms with Gasteiger partial charge in [-0.15, -0.1) is 11.3 Å². The van der Waals surface area contributed by atoms with E-state index in [4.69, 9.17) is 10.8 Å². The summed E-state index contributed by atoms with van der Waals surface area (Å²) in [6, 6.07) is 1.36. The molecule has 0 aliphatic rings. The summed E-state index contributed by atoms with van der Waals surface area (Å²) in [6.07, 6.45) is 3.10. The van der Waals surface area contributed by atoms with Gasteiger partial charge in [0, 0.05) is 11.1 Å². The lowest BCUT2D eigenvalue weighted by Crippen LogP contribution is -2.05. The number of carboxylic acids is 1. The van der Waals surface area contributed by atoms with Crippen LogP contribution in [0.4, 0.5) is 16.6 Å². The fourth-order valence-electron chi connectivity index (χ4n) is 1.26. The normalized spacial score (nSPS) is 10.2. The topological polar surface area (TPSA) is 101 Å². The van der Waals surface area contributed by atoms with Crippen molar-refractivity contribution in [3.63, 3.8) is 0 Å². The van der Waals surface area contributed by atoms with E-state index in [2.05, 4.69) is 15.3 Å². The van der Waals surface area contributed by atoms with Crippen molar-refractivity contribution >= 4 is 33.9 Å². The minimum Gasteiger partial charge on any atom is -0.478 e. The molecule has 0 aliphatic carbocycles. The summed E-state index contributed by atoms with van der Waals surface area (Å²) < 4.78 is 0. The maximum Gasteiger partial charge on any atom is 0.339 e. The Labute approximate surface area is 101 Å². The second kappa shape index (κ2) is 4.38. The quantitative estimate of drug-likeness (QED) is 0.768. The molecule has 0 atom stereocenters. The molecule has 0 amide bonds. The highest BCUT2D eigenvalue weighted by Crippen LogP contribution is 2.23. The van der Waals surface area contributed by atoms with Crippen molar-refractivity contribution in [3.05, 3.63) is 28.9 Å². The zero-order valence-electron chi connectivity index (χ0n) is 8.97. The van der Waals surface area contributed by atoms with Gasteiger partial charge in [-0.05, 0) is 13.0 Å². The zero-order valence-corrected chi connectivity index (χ0v) is 9.78. The number of carbonyl (C=O) groups is 1. The van der Waals surface area contributed by atoms with Crippen LogP contribution in [0.1, 0.15) is 15.2 Å². The van der Waals surface area contributed by atoms with E-state index in [0.717, 1.165) is 4.88 Å². The van der Waals surface area contributed by atoms with Crippen LogP contribution >= 0.6 is 11.3 Å². The number of nitrogens with two attached hydrogens (primary N) is 1. The second-order valence-electron chi connectivity index (χ2n) is 3.37. The van der Waals surface area contributed by atoms with Crippen LogP contribution in [-0.2, 0) is 0 Å². The molecule has 2 rings (SSSR count). The Kier molecular flexibility index (Phi) is 2.92. The fourth-order valence-corrected chi connectivity index (χ4v) is 1.92. The number of rotatable bonds is 3. The predicted octanol–water partition coefficient (Wildman–Crippen LogP) is 1.87. The van der Waals surface area contributed by atoms with Crippen LogP contribution in [0.5, 0.6) is 0 Å². The molecule has 0 radical (unpaired) electrons. The molecule has 4 N–H and O–H groups in total. The van der Waals surface area contributed by atoms with Crippen LogP contribution in [-0.4, -0.2) is 21.0 Å². The third-order valence-electron chi connectivity index (χ3n) is 1.99. The van der Waals surface area contributed by atoms with E-state index >= 15 is 0 Å². The Morgan fingerprint density at radius 1 is 1.47 bits per heavy atom. The van der Waals surface area contributed by atoms with Gasteiger partial charge in [0.15, 0.2) is 5.13 Å².